The van der Waals surface area contributed by atoms with E-state index >= 15 is 0 Å². The van der Waals surface area contributed by atoms with Crippen LogP contribution in [-0.2, 0) is 15.1 Å². The third kappa shape index (κ3) is 3.53. The minimum absolute atomic E-state index is 0.239. The van der Waals surface area contributed by atoms with Crippen molar-refractivity contribution in [3.63, 3.8) is 0 Å². The van der Waals surface area contributed by atoms with E-state index in [1.807, 2.05) is 91.0 Å². The van der Waals surface area contributed by atoms with Crippen LogP contribution in [0.25, 0.3) is 0 Å². The summed E-state index contributed by atoms with van der Waals surface area (Å²) >= 11 is 0. The van der Waals surface area contributed by atoms with Gasteiger partial charge in [-0.2, -0.15) is 0 Å². The maximum Gasteiger partial charge on any atom is 0.306 e. The standard InChI is InChI=1S/C23H22O3/c1-2-21(24)26-22(18-12-6-3-7-13-18)23(25,19-14-8-4-9-15-19)20-16-10-5-11-17-20/h3-17,22,25H,2H2,1H3. The van der Waals surface area contributed by atoms with Crippen molar-refractivity contribution in [3.8, 4) is 0 Å². The number of benzene rings is 3. The second-order valence-electron chi connectivity index (χ2n) is 6.13. The molecule has 1 unspecified atom stereocenters. The summed E-state index contributed by atoms with van der Waals surface area (Å²) in [5.41, 5.74) is 0.576. The van der Waals surface area contributed by atoms with E-state index in [0.29, 0.717) is 11.1 Å². The molecular formula is C23H22O3. The SMILES string of the molecule is CCC(=O)OC(c1ccccc1)C(O)(c1ccccc1)c1ccccc1. The average Bonchev–Trinajstić information content (AvgIpc) is 2.73. The van der Waals surface area contributed by atoms with E-state index in [-0.39, 0.29) is 12.4 Å². The van der Waals surface area contributed by atoms with Crippen molar-refractivity contribution in [1.29, 1.82) is 0 Å². The van der Waals surface area contributed by atoms with E-state index in [4.69, 9.17) is 4.74 Å². The minimum atomic E-state index is -1.51. The third-order valence-corrected chi connectivity index (χ3v) is 4.45. The van der Waals surface area contributed by atoms with Gasteiger partial charge in [0, 0.05) is 6.42 Å². The van der Waals surface area contributed by atoms with Crippen molar-refractivity contribution in [2.24, 2.45) is 0 Å². The number of carbonyl (C=O) groups is 1. The zero-order valence-corrected chi connectivity index (χ0v) is 14.7. The average molecular weight is 346 g/mol. The predicted molar refractivity (Wildman–Crippen MR) is 101 cm³/mol. The monoisotopic (exact) mass is 346 g/mol. The van der Waals surface area contributed by atoms with E-state index < -0.39 is 11.7 Å². The molecule has 3 heteroatoms. The summed E-state index contributed by atoms with van der Waals surface area (Å²) in [6, 6.07) is 28.0. The van der Waals surface area contributed by atoms with Gasteiger partial charge in [0.1, 0.15) is 0 Å². The van der Waals surface area contributed by atoms with Crippen LogP contribution in [0.2, 0.25) is 0 Å². The summed E-state index contributed by atoms with van der Waals surface area (Å²) < 4.78 is 5.77. The summed E-state index contributed by atoms with van der Waals surface area (Å²) in [4.78, 5) is 12.2. The van der Waals surface area contributed by atoms with Crippen LogP contribution in [0.3, 0.4) is 0 Å². The Kier molecular flexibility index (Phi) is 5.49. The van der Waals surface area contributed by atoms with Crippen LogP contribution in [0.1, 0.15) is 36.1 Å². The van der Waals surface area contributed by atoms with Gasteiger partial charge >= 0.3 is 5.97 Å². The van der Waals surface area contributed by atoms with Crippen molar-refractivity contribution < 1.29 is 14.6 Å². The molecule has 3 aromatic rings. The molecule has 0 fully saturated rings. The topological polar surface area (TPSA) is 46.5 Å². The zero-order valence-electron chi connectivity index (χ0n) is 14.7. The summed E-state index contributed by atoms with van der Waals surface area (Å²) in [6.07, 6.45) is -0.621. The van der Waals surface area contributed by atoms with Crippen LogP contribution < -0.4 is 0 Å². The Morgan fingerprint density at radius 1 is 0.846 bits per heavy atom. The minimum Gasteiger partial charge on any atom is -0.454 e. The van der Waals surface area contributed by atoms with Crippen LogP contribution in [0.15, 0.2) is 91.0 Å². The first kappa shape index (κ1) is 17.9. The van der Waals surface area contributed by atoms with Crippen molar-refractivity contribution in [2.75, 3.05) is 0 Å². The van der Waals surface area contributed by atoms with Gasteiger partial charge in [0.05, 0.1) is 0 Å². The highest BCUT2D eigenvalue weighted by atomic mass is 16.6. The van der Waals surface area contributed by atoms with Crippen LogP contribution in [0.5, 0.6) is 0 Å². The highest BCUT2D eigenvalue weighted by Crippen LogP contribution is 2.43. The number of esters is 1. The second kappa shape index (κ2) is 7.98. The van der Waals surface area contributed by atoms with E-state index in [1.165, 1.54) is 0 Å². The molecule has 0 heterocycles. The molecule has 3 aromatic carbocycles. The number of carbonyl (C=O) groups excluding carboxylic acids is 1. The Balaban J connectivity index is 2.21. The van der Waals surface area contributed by atoms with E-state index in [9.17, 15) is 9.90 Å². The lowest BCUT2D eigenvalue weighted by Gasteiger charge is -2.37. The van der Waals surface area contributed by atoms with Crippen LogP contribution in [0.4, 0.5) is 0 Å². The van der Waals surface area contributed by atoms with Gasteiger partial charge in [0.2, 0.25) is 0 Å². The molecule has 132 valence electrons. The molecular weight excluding hydrogens is 324 g/mol. The van der Waals surface area contributed by atoms with Gasteiger partial charge in [-0.15, -0.1) is 0 Å². The maximum atomic E-state index is 12.2. The molecule has 0 saturated heterocycles. The first-order chi connectivity index (χ1) is 12.7. The molecule has 0 aromatic heterocycles. The second-order valence-corrected chi connectivity index (χ2v) is 6.13. The fourth-order valence-electron chi connectivity index (χ4n) is 3.09. The molecule has 0 aliphatic heterocycles. The Labute approximate surface area is 153 Å². The Morgan fingerprint density at radius 2 is 1.27 bits per heavy atom. The van der Waals surface area contributed by atoms with Gasteiger partial charge < -0.3 is 9.84 Å². The highest BCUT2D eigenvalue weighted by molar-refractivity contribution is 5.69. The lowest BCUT2D eigenvalue weighted by Crippen LogP contribution is -2.37. The van der Waals surface area contributed by atoms with Crippen LogP contribution in [-0.4, -0.2) is 11.1 Å². The van der Waals surface area contributed by atoms with Crippen molar-refractivity contribution in [1.82, 2.24) is 0 Å². The molecule has 0 bridgehead atoms. The molecule has 1 atom stereocenters. The normalized spacial score (nSPS) is 12.4. The van der Waals surface area contributed by atoms with Gasteiger partial charge in [0.15, 0.2) is 11.7 Å². The maximum absolute atomic E-state index is 12.2. The fraction of sp³-hybridized carbons (Fsp3) is 0.174. The quantitative estimate of drug-likeness (QED) is 0.663. The molecule has 0 radical (unpaired) electrons. The zero-order chi connectivity index (χ0) is 18.4. The number of aliphatic hydroxyl groups is 1. The molecule has 0 spiro atoms. The summed E-state index contributed by atoms with van der Waals surface area (Å²) in [6.45, 7) is 1.74. The lowest BCUT2D eigenvalue weighted by molar-refractivity contribution is -0.163. The smallest absolute Gasteiger partial charge is 0.306 e. The van der Waals surface area contributed by atoms with Crippen molar-refractivity contribution in [3.05, 3.63) is 108 Å². The van der Waals surface area contributed by atoms with Crippen molar-refractivity contribution in [2.45, 2.75) is 25.0 Å². The number of hydrogen-bond donors (Lipinski definition) is 1. The molecule has 0 aliphatic rings. The summed E-state index contributed by atoms with van der Waals surface area (Å²) in [7, 11) is 0. The number of rotatable bonds is 6. The first-order valence-corrected chi connectivity index (χ1v) is 8.74. The summed E-state index contributed by atoms with van der Waals surface area (Å²) in [5, 5.41) is 11.9. The number of ether oxygens (including phenoxy) is 1. The highest BCUT2D eigenvalue weighted by Gasteiger charge is 2.43. The Bertz CT molecular complexity index is 790. The summed E-state index contributed by atoms with van der Waals surface area (Å²) in [5.74, 6) is -0.357. The Morgan fingerprint density at radius 3 is 1.69 bits per heavy atom. The van der Waals surface area contributed by atoms with Crippen LogP contribution >= 0.6 is 0 Å². The van der Waals surface area contributed by atoms with Gasteiger partial charge in [-0.1, -0.05) is 97.9 Å². The molecule has 0 saturated carbocycles. The molecule has 0 aliphatic carbocycles. The molecule has 26 heavy (non-hydrogen) atoms. The Hall–Kier alpha value is -2.91. The van der Waals surface area contributed by atoms with Gasteiger partial charge in [0.25, 0.3) is 0 Å². The first-order valence-electron chi connectivity index (χ1n) is 8.74. The van der Waals surface area contributed by atoms with Crippen molar-refractivity contribution >= 4 is 5.97 Å². The predicted octanol–water partition coefficient (Wildman–Crippen LogP) is 4.62. The molecule has 1 N–H and O–H groups in total. The van der Waals surface area contributed by atoms with E-state index in [2.05, 4.69) is 0 Å². The molecule has 3 rings (SSSR count). The molecule has 0 amide bonds. The third-order valence-electron chi connectivity index (χ3n) is 4.45. The van der Waals surface area contributed by atoms with Gasteiger partial charge in [-0.05, 0) is 16.7 Å². The van der Waals surface area contributed by atoms with Gasteiger partial charge in [-0.3, -0.25) is 4.79 Å². The van der Waals surface area contributed by atoms with E-state index in [0.717, 1.165) is 5.56 Å². The lowest BCUT2D eigenvalue weighted by atomic mass is 9.79. The number of hydrogen-bond acceptors (Lipinski definition) is 3. The van der Waals surface area contributed by atoms with Crippen LogP contribution in [0, 0.1) is 0 Å². The largest absolute Gasteiger partial charge is 0.454 e. The fourth-order valence-corrected chi connectivity index (χ4v) is 3.09. The van der Waals surface area contributed by atoms with Gasteiger partial charge in [-0.25, -0.2) is 0 Å². The molecule has 3 nitrogen and oxygen atoms in total. The van der Waals surface area contributed by atoms with E-state index in [1.54, 1.807) is 6.92 Å².